The molecule has 118 valence electrons. The summed E-state index contributed by atoms with van der Waals surface area (Å²) in [5.41, 5.74) is 6.40. The van der Waals surface area contributed by atoms with Crippen molar-refractivity contribution in [1.82, 2.24) is 5.32 Å². The number of ether oxygens (including phenoxy) is 1. The molecule has 4 nitrogen and oxygen atoms in total. The number of halogens is 1. The van der Waals surface area contributed by atoms with Crippen LogP contribution >= 0.6 is 24.0 Å². The molecule has 2 saturated carbocycles. The van der Waals surface area contributed by atoms with Crippen molar-refractivity contribution in [2.24, 2.45) is 16.1 Å². The molecule has 0 aromatic carbocycles. The number of hydrogen-bond acceptors (Lipinski definition) is 2. The van der Waals surface area contributed by atoms with Gasteiger partial charge in [-0.15, -0.1) is 24.0 Å². The lowest BCUT2D eigenvalue weighted by molar-refractivity contribution is 0.0779. The van der Waals surface area contributed by atoms with E-state index in [2.05, 4.69) is 10.3 Å². The molecule has 0 heterocycles. The number of guanidine groups is 1. The SMILES string of the molecule is COCCC1(CN=C(N)NC2CCCCC2)CCC1.I. The van der Waals surface area contributed by atoms with Gasteiger partial charge in [-0.1, -0.05) is 25.7 Å². The molecular weight excluding hydrogens is 365 g/mol. The van der Waals surface area contributed by atoms with E-state index < -0.39 is 0 Å². The quantitative estimate of drug-likeness (QED) is 0.413. The second-order valence-corrected chi connectivity index (χ2v) is 6.28. The van der Waals surface area contributed by atoms with Crippen molar-refractivity contribution in [1.29, 1.82) is 0 Å². The van der Waals surface area contributed by atoms with Gasteiger partial charge < -0.3 is 15.8 Å². The second kappa shape index (κ2) is 9.07. The first-order chi connectivity index (χ1) is 9.24. The number of nitrogens with zero attached hydrogens (tertiary/aromatic N) is 1. The summed E-state index contributed by atoms with van der Waals surface area (Å²) in [6.45, 7) is 1.70. The van der Waals surface area contributed by atoms with Crippen molar-refractivity contribution in [3.8, 4) is 0 Å². The second-order valence-electron chi connectivity index (χ2n) is 6.28. The van der Waals surface area contributed by atoms with E-state index in [0.29, 0.717) is 17.4 Å². The van der Waals surface area contributed by atoms with Gasteiger partial charge in [0.15, 0.2) is 5.96 Å². The van der Waals surface area contributed by atoms with E-state index in [9.17, 15) is 0 Å². The average Bonchev–Trinajstić information content (AvgIpc) is 2.38. The zero-order chi connectivity index (χ0) is 13.6. The first-order valence-electron chi connectivity index (χ1n) is 7.79. The van der Waals surface area contributed by atoms with Gasteiger partial charge in [0.25, 0.3) is 0 Å². The maximum atomic E-state index is 6.03. The zero-order valence-corrected chi connectivity index (χ0v) is 15.0. The molecule has 0 bridgehead atoms. The van der Waals surface area contributed by atoms with Gasteiger partial charge in [0.05, 0.1) is 0 Å². The van der Waals surface area contributed by atoms with Crippen LogP contribution in [0.4, 0.5) is 0 Å². The van der Waals surface area contributed by atoms with Crippen LogP contribution in [0.15, 0.2) is 4.99 Å². The average molecular weight is 395 g/mol. The van der Waals surface area contributed by atoms with Gasteiger partial charge in [-0.05, 0) is 37.5 Å². The maximum absolute atomic E-state index is 6.03. The Morgan fingerprint density at radius 3 is 2.50 bits per heavy atom. The largest absolute Gasteiger partial charge is 0.385 e. The normalized spacial score (nSPS) is 22.8. The van der Waals surface area contributed by atoms with Crippen LogP contribution < -0.4 is 11.1 Å². The fourth-order valence-electron chi connectivity index (χ4n) is 3.24. The van der Waals surface area contributed by atoms with E-state index >= 15 is 0 Å². The van der Waals surface area contributed by atoms with Crippen LogP contribution in [0.2, 0.25) is 0 Å². The third-order valence-corrected chi connectivity index (χ3v) is 4.79. The Balaban J connectivity index is 0.00000200. The van der Waals surface area contributed by atoms with E-state index in [1.807, 2.05) is 0 Å². The van der Waals surface area contributed by atoms with Crippen molar-refractivity contribution in [2.45, 2.75) is 63.8 Å². The lowest BCUT2D eigenvalue weighted by Crippen LogP contribution is -2.42. The Bertz CT molecular complexity index is 299. The van der Waals surface area contributed by atoms with Crippen molar-refractivity contribution in [2.75, 3.05) is 20.3 Å². The molecule has 0 radical (unpaired) electrons. The highest BCUT2D eigenvalue weighted by molar-refractivity contribution is 14.0. The predicted octanol–water partition coefficient (Wildman–Crippen LogP) is 3.05. The Labute approximate surface area is 140 Å². The van der Waals surface area contributed by atoms with E-state index in [-0.39, 0.29) is 24.0 Å². The topological polar surface area (TPSA) is 59.6 Å². The van der Waals surface area contributed by atoms with Gasteiger partial charge in [-0.2, -0.15) is 0 Å². The lowest BCUT2D eigenvalue weighted by atomic mass is 9.67. The number of hydrogen-bond donors (Lipinski definition) is 2. The summed E-state index contributed by atoms with van der Waals surface area (Å²) in [5, 5.41) is 3.39. The molecule has 2 rings (SSSR count). The Morgan fingerprint density at radius 1 is 1.25 bits per heavy atom. The smallest absolute Gasteiger partial charge is 0.188 e. The summed E-state index contributed by atoms with van der Waals surface area (Å²) in [7, 11) is 1.77. The van der Waals surface area contributed by atoms with Crippen molar-refractivity contribution < 1.29 is 4.74 Å². The summed E-state index contributed by atoms with van der Waals surface area (Å²) < 4.78 is 5.21. The molecule has 3 N–H and O–H groups in total. The van der Waals surface area contributed by atoms with Crippen molar-refractivity contribution in [3.05, 3.63) is 0 Å². The summed E-state index contributed by atoms with van der Waals surface area (Å²) in [6.07, 6.45) is 11.5. The van der Waals surface area contributed by atoms with E-state index in [4.69, 9.17) is 10.5 Å². The van der Waals surface area contributed by atoms with E-state index in [1.54, 1.807) is 7.11 Å². The van der Waals surface area contributed by atoms with Gasteiger partial charge in [0.2, 0.25) is 0 Å². The highest BCUT2D eigenvalue weighted by Crippen LogP contribution is 2.44. The zero-order valence-electron chi connectivity index (χ0n) is 12.7. The Hall–Kier alpha value is -0.0400. The number of rotatable bonds is 6. The van der Waals surface area contributed by atoms with Crippen LogP contribution in [-0.4, -0.2) is 32.3 Å². The molecule has 0 spiro atoms. The fraction of sp³-hybridized carbons (Fsp3) is 0.933. The molecule has 2 fully saturated rings. The van der Waals surface area contributed by atoms with Crippen LogP contribution in [-0.2, 0) is 4.74 Å². The Kier molecular flexibility index (Phi) is 8.17. The predicted molar refractivity (Wildman–Crippen MR) is 94.7 cm³/mol. The highest BCUT2D eigenvalue weighted by Gasteiger charge is 2.36. The lowest BCUT2D eigenvalue weighted by Gasteiger charge is -2.40. The molecule has 0 aliphatic heterocycles. The molecule has 0 atom stereocenters. The highest BCUT2D eigenvalue weighted by atomic mass is 127. The molecule has 0 amide bonds. The first kappa shape index (κ1) is 18.0. The third kappa shape index (κ3) is 5.39. The number of nitrogens with two attached hydrogens (primary N) is 1. The fourth-order valence-corrected chi connectivity index (χ4v) is 3.24. The molecular formula is C15H30IN3O. The molecule has 0 aromatic rings. The van der Waals surface area contributed by atoms with Crippen LogP contribution in [0.1, 0.15) is 57.8 Å². The maximum Gasteiger partial charge on any atom is 0.188 e. The van der Waals surface area contributed by atoms with Crippen LogP contribution in [0.5, 0.6) is 0 Å². The molecule has 5 heteroatoms. The first-order valence-corrected chi connectivity index (χ1v) is 7.79. The van der Waals surface area contributed by atoms with Gasteiger partial charge in [0.1, 0.15) is 0 Å². The minimum Gasteiger partial charge on any atom is -0.385 e. The van der Waals surface area contributed by atoms with E-state index in [1.165, 1.54) is 51.4 Å². The van der Waals surface area contributed by atoms with Crippen LogP contribution in [0, 0.1) is 5.41 Å². The molecule has 0 aromatic heterocycles. The Morgan fingerprint density at radius 2 is 1.95 bits per heavy atom. The minimum absolute atomic E-state index is 0. The minimum atomic E-state index is 0. The van der Waals surface area contributed by atoms with Crippen LogP contribution in [0.25, 0.3) is 0 Å². The van der Waals surface area contributed by atoms with Crippen LogP contribution in [0.3, 0.4) is 0 Å². The van der Waals surface area contributed by atoms with Gasteiger partial charge in [-0.25, -0.2) is 0 Å². The molecule has 0 saturated heterocycles. The van der Waals surface area contributed by atoms with Gasteiger partial charge in [-0.3, -0.25) is 4.99 Å². The number of nitrogens with one attached hydrogen (secondary N) is 1. The summed E-state index contributed by atoms with van der Waals surface area (Å²) >= 11 is 0. The van der Waals surface area contributed by atoms with Crippen molar-refractivity contribution in [3.63, 3.8) is 0 Å². The third-order valence-electron chi connectivity index (χ3n) is 4.79. The monoisotopic (exact) mass is 395 g/mol. The standard InChI is InChI=1S/C15H29N3O.HI/c1-19-11-10-15(8-5-9-15)12-17-14(16)18-13-6-3-2-4-7-13;/h13H,2-12H2,1H3,(H3,16,17,18);1H. The van der Waals surface area contributed by atoms with Gasteiger partial charge in [0, 0.05) is 26.3 Å². The molecule has 20 heavy (non-hydrogen) atoms. The molecule has 0 unspecified atom stereocenters. The van der Waals surface area contributed by atoms with E-state index in [0.717, 1.165) is 19.6 Å². The number of methoxy groups -OCH3 is 1. The number of aliphatic imine (C=N–C) groups is 1. The molecule has 2 aliphatic rings. The summed E-state index contributed by atoms with van der Waals surface area (Å²) in [4.78, 5) is 4.59. The van der Waals surface area contributed by atoms with Gasteiger partial charge >= 0.3 is 0 Å². The summed E-state index contributed by atoms with van der Waals surface area (Å²) in [5.74, 6) is 0.649. The van der Waals surface area contributed by atoms with Crippen molar-refractivity contribution >= 4 is 29.9 Å². The summed E-state index contributed by atoms with van der Waals surface area (Å²) in [6, 6.07) is 0.550. The molecule has 2 aliphatic carbocycles.